The van der Waals surface area contributed by atoms with Gasteiger partial charge in [0, 0.05) is 32.7 Å². The average molecular weight is 325 g/mol. The zero-order valence-electron chi connectivity index (χ0n) is 13.7. The third-order valence-corrected chi connectivity index (χ3v) is 4.93. The monoisotopic (exact) mass is 325 g/mol. The van der Waals surface area contributed by atoms with Crippen LogP contribution in [0.5, 0.6) is 5.75 Å². The molecule has 124 valence electrons. The third kappa shape index (κ3) is 5.35. The second-order valence-corrected chi connectivity index (χ2v) is 7.56. The Balaban J connectivity index is 1.86. The lowest BCUT2D eigenvalue weighted by Gasteiger charge is -2.32. The second-order valence-electron chi connectivity index (χ2n) is 6.15. The molecule has 0 spiro atoms. The molecule has 0 saturated carbocycles. The van der Waals surface area contributed by atoms with Crippen LogP contribution < -0.4 is 14.8 Å². The highest BCUT2D eigenvalue weighted by atomic mass is 32.2. The van der Waals surface area contributed by atoms with Gasteiger partial charge in [0.1, 0.15) is 22.3 Å². The number of nitrogens with zero attached hydrogens (tertiary/aromatic N) is 1. The first kappa shape index (κ1) is 17.4. The molecule has 5 nitrogen and oxygen atoms in total. The smallest absolute Gasteiger partial charge is 0.124 e. The second kappa shape index (κ2) is 8.06. The highest BCUT2D eigenvalue weighted by Crippen LogP contribution is 2.22. The van der Waals surface area contributed by atoms with Crippen molar-refractivity contribution in [1.29, 1.82) is 0 Å². The van der Waals surface area contributed by atoms with Crippen molar-refractivity contribution < 1.29 is 8.95 Å². The van der Waals surface area contributed by atoms with Gasteiger partial charge in [0.15, 0.2) is 0 Å². The Kier molecular flexibility index (Phi) is 6.37. The normalized spacial score (nSPS) is 18.1. The summed E-state index contributed by atoms with van der Waals surface area (Å²) in [6.45, 7) is 9.66. The molecular formula is C16H27N3O2S. The van der Waals surface area contributed by atoms with Gasteiger partial charge in [-0.2, -0.15) is 0 Å². The average Bonchev–Trinajstić information content (AvgIpc) is 2.54. The fourth-order valence-electron chi connectivity index (χ4n) is 2.48. The number of ether oxygens (including phenoxy) is 1. The predicted molar refractivity (Wildman–Crippen MR) is 90.5 cm³/mol. The van der Waals surface area contributed by atoms with E-state index in [1.54, 1.807) is 7.05 Å². The number of hydrogen-bond donors (Lipinski definition) is 2. The topological polar surface area (TPSA) is 53.6 Å². The van der Waals surface area contributed by atoms with E-state index in [1.807, 2.05) is 24.3 Å². The van der Waals surface area contributed by atoms with Gasteiger partial charge in [-0.25, -0.2) is 8.93 Å². The van der Waals surface area contributed by atoms with Crippen molar-refractivity contribution in [2.75, 3.05) is 39.8 Å². The van der Waals surface area contributed by atoms with Crippen molar-refractivity contribution in [2.24, 2.45) is 0 Å². The van der Waals surface area contributed by atoms with Crippen LogP contribution in [-0.4, -0.2) is 54.5 Å². The first-order chi connectivity index (χ1) is 10.5. The Labute approximate surface area is 136 Å². The molecule has 22 heavy (non-hydrogen) atoms. The zero-order valence-corrected chi connectivity index (χ0v) is 14.5. The van der Waals surface area contributed by atoms with Crippen molar-refractivity contribution in [3.05, 3.63) is 24.3 Å². The van der Waals surface area contributed by atoms with Crippen molar-refractivity contribution in [2.45, 2.75) is 30.8 Å². The summed E-state index contributed by atoms with van der Waals surface area (Å²) < 4.78 is 20.5. The van der Waals surface area contributed by atoms with Crippen LogP contribution in [0.1, 0.15) is 20.3 Å². The molecule has 0 aliphatic carbocycles. The van der Waals surface area contributed by atoms with Crippen molar-refractivity contribution in [3.63, 3.8) is 0 Å². The minimum Gasteiger partial charge on any atom is -0.488 e. The maximum atomic E-state index is 11.6. The molecule has 6 heteroatoms. The van der Waals surface area contributed by atoms with Gasteiger partial charge in [0.05, 0.1) is 4.90 Å². The van der Waals surface area contributed by atoms with E-state index in [-0.39, 0.29) is 5.60 Å². The van der Waals surface area contributed by atoms with E-state index in [4.69, 9.17) is 4.74 Å². The zero-order chi connectivity index (χ0) is 16.0. The summed E-state index contributed by atoms with van der Waals surface area (Å²) in [5.74, 6) is 0.821. The molecule has 1 heterocycles. The Bertz CT molecular complexity index is 485. The summed E-state index contributed by atoms with van der Waals surface area (Å²) in [5.41, 5.74) is -0.214. The highest BCUT2D eigenvalue weighted by molar-refractivity contribution is 7.83. The summed E-state index contributed by atoms with van der Waals surface area (Å²) in [6, 6.07) is 7.46. The number of piperazine rings is 1. The lowest BCUT2D eigenvalue weighted by molar-refractivity contribution is 0.0808. The Morgan fingerprint density at radius 1 is 1.27 bits per heavy atom. The summed E-state index contributed by atoms with van der Waals surface area (Å²) in [7, 11) is 0.534. The van der Waals surface area contributed by atoms with Crippen LogP contribution in [0.25, 0.3) is 0 Å². The first-order valence-corrected chi connectivity index (χ1v) is 8.96. The summed E-state index contributed by atoms with van der Waals surface area (Å²) >= 11 is 0. The molecule has 1 fully saturated rings. The number of nitrogens with one attached hydrogen (secondary N) is 2. The molecule has 0 amide bonds. The molecule has 0 radical (unpaired) electrons. The molecular weight excluding hydrogens is 298 g/mol. The number of hydrogen-bond acceptors (Lipinski definition) is 4. The van der Waals surface area contributed by atoms with Gasteiger partial charge in [-0.3, -0.25) is 0 Å². The van der Waals surface area contributed by atoms with E-state index in [0.717, 1.165) is 49.8 Å². The minimum atomic E-state index is -1.15. The van der Waals surface area contributed by atoms with Gasteiger partial charge in [-0.15, -0.1) is 0 Å². The van der Waals surface area contributed by atoms with Gasteiger partial charge in [-0.1, -0.05) is 0 Å². The predicted octanol–water partition coefficient (Wildman–Crippen LogP) is 1.38. The van der Waals surface area contributed by atoms with E-state index < -0.39 is 11.0 Å². The Hall–Kier alpha value is -0.950. The molecule has 1 saturated heterocycles. The van der Waals surface area contributed by atoms with Crippen LogP contribution in [0, 0.1) is 0 Å². The van der Waals surface area contributed by atoms with E-state index >= 15 is 0 Å². The van der Waals surface area contributed by atoms with Crippen molar-refractivity contribution >= 4 is 11.0 Å². The van der Waals surface area contributed by atoms with E-state index in [0.29, 0.717) is 0 Å². The van der Waals surface area contributed by atoms with Gasteiger partial charge in [0.25, 0.3) is 0 Å². The number of benzene rings is 1. The molecule has 2 rings (SSSR count). The highest BCUT2D eigenvalue weighted by Gasteiger charge is 2.22. The van der Waals surface area contributed by atoms with Gasteiger partial charge in [-0.05, 0) is 51.6 Å². The van der Waals surface area contributed by atoms with Crippen molar-refractivity contribution in [1.82, 2.24) is 14.9 Å². The van der Waals surface area contributed by atoms with E-state index in [9.17, 15) is 4.21 Å². The molecule has 1 aliphatic rings. The standard InChI is InChI=1S/C16H27N3O2S/c1-16(2,8-11-19-12-9-18-10-13-19)21-14-4-6-15(7-5-14)22(20)17-3/h4-7,17-18H,8-13H2,1-3H3. The van der Waals surface area contributed by atoms with Crippen LogP contribution in [0.3, 0.4) is 0 Å². The van der Waals surface area contributed by atoms with E-state index in [2.05, 4.69) is 28.8 Å². The van der Waals surface area contributed by atoms with Gasteiger partial charge in [0.2, 0.25) is 0 Å². The largest absolute Gasteiger partial charge is 0.488 e. The minimum absolute atomic E-state index is 0.214. The number of rotatable bonds is 7. The van der Waals surface area contributed by atoms with Crippen LogP contribution in [0.4, 0.5) is 0 Å². The fraction of sp³-hybridized carbons (Fsp3) is 0.625. The van der Waals surface area contributed by atoms with Crippen LogP contribution in [0.15, 0.2) is 29.2 Å². The molecule has 1 aromatic rings. The first-order valence-electron chi connectivity index (χ1n) is 7.81. The third-order valence-electron chi connectivity index (χ3n) is 3.86. The SMILES string of the molecule is CNS(=O)c1ccc(OC(C)(C)CCN2CCNCC2)cc1. The summed E-state index contributed by atoms with van der Waals surface area (Å²) in [4.78, 5) is 3.23. The van der Waals surface area contributed by atoms with E-state index in [1.165, 1.54) is 0 Å². The Morgan fingerprint density at radius 3 is 2.50 bits per heavy atom. The quantitative estimate of drug-likeness (QED) is 0.795. The summed E-state index contributed by atoms with van der Waals surface area (Å²) in [6.07, 6.45) is 0.983. The van der Waals surface area contributed by atoms with Crippen LogP contribution in [-0.2, 0) is 11.0 Å². The van der Waals surface area contributed by atoms with Crippen LogP contribution >= 0.6 is 0 Å². The lowest BCUT2D eigenvalue weighted by Crippen LogP contribution is -2.45. The molecule has 2 N–H and O–H groups in total. The summed E-state index contributed by atoms with van der Waals surface area (Å²) in [5, 5.41) is 3.37. The van der Waals surface area contributed by atoms with Crippen LogP contribution in [0.2, 0.25) is 0 Å². The molecule has 1 unspecified atom stereocenters. The molecule has 1 atom stereocenters. The maximum absolute atomic E-state index is 11.6. The lowest BCUT2D eigenvalue weighted by atomic mass is 10.0. The molecule has 1 aromatic carbocycles. The maximum Gasteiger partial charge on any atom is 0.124 e. The van der Waals surface area contributed by atoms with Gasteiger partial charge >= 0.3 is 0 Å². The Morgan fingerprint density at radius 2 is 1.91 bits per heavy atom. The van der Waals surface area contributed by atoms with Crippen molar-refractivity contribution in [3.8, 4) is 5.75 Å². The fourth-order valence-corrected chi connectivity index (χ4v) is 3.10. The molecule has 0 aromatic heterocycles. The van der Waals surface area contributed by atoms with Gasteiger partial charge < -0.3 is 15.0 Å². The molecule has 1 aliphatic heterocycles. The molecule has 0 bridgehead atoms.